The summed E-state index contributed by atoms with van der Waals surface area (Å²) in [5, 5.41) is 4.80. The van der Waals surface area contributed by atoms with Gasteiger partial charge in [-0.2, -0.15) is 13.2 Å². The number of benzene rings is 2. The van der Waals surface area contributed by atoms with Crippen molar-refractivity contribution in [2.45, 2.75) is 19.1 Å². The van der Waals surface area contributed by atoms with E-state index in [0.29, 0.717) is 5.69 Å². The van der Waals surface area contributed by atoms with Crippen LogP contribution < -0.4 is 10.6 Å². The second-order valence-corrected chi connectivity index (χ2v) is 6.18. The van der Waals surface area contributed by atoms with Gasteiger partial charge in [-0.3, -0.25) is 14.5 Å². The zero-order valence-corrected chi connectivity index (χ0v) is 15.2. The molecule has 0 aliphatic rings. The van der Waals surface area contributed by atoms with Crippen LogP contribution in [0.25, 0.3) is 0 Å². The fraction of sp³-hybridized carbons (Fsp3) is 0.263. The molecule has 0 heterocycles. The summed E-state index contributed by atoms with van der Waals surface area (Å²) in [7, 11) is 1.49. The van der Waals surface area contributed by atoms with Gasteiger partial charge in [-0.05, 0) is 50.4 Å². The number of amides is 2. The van der Waals surface area contributed by atoms with Crippen LogP contribution in [0.2, 0.25) is 0 Å². The van der Waals surface area contributed by atoms with E-state index in [2.05, 4.69) is 10.6 Å². The molecular weight excluding hydrogens is 378 g/mol. The summed E-state index contributed by atoms with van der Waals surface area (Å²) < 4.78 is 51.9. The van der Waals surface area contributed by atoms with Crippen molar-refractivity contribution in [3.63, 3.8) is 0 Å². The van der Waals surface area contributed by atoms with Gasteiger partial charge in [-0.1, -0.05) is 12.1 Å². The molecule has 0 spiro atoms. The number of hydrogen-bond acceptors (Lipinski definition) is 3. The van der Waals surface area contributed by atoms with E-state index in [0.717, 1.165) is 12.1 Å². The zero-order valence-electron chi connectivity index (χ0n) is 15.2. The molecule has 0 aliphatic heterocycles. The van der Waals surface area contributed by atoms with E-state index in [1.54, 1.807) is 0 Å². The maximum Gasteiger partial charge on any atom is 0.418 e. The maximum absolute atomic E-state index is 13.0. The van der Waals surface area contributed by atoms with Gasteiger partial charge in [0, 0.05) is 5.69 Å². The van der Waals surface area contributed by atoms with E-state index >= 15 is 0 Å². The molecule has 0 saturated carbocycles. The number of hydrogen-bond donors (Lipinski definition) is 2. The Labute approximate surface area is 159 Å². The van der Waals surface area contributed by atoms with Gasteiger partial charge in [0.2, 0.25) is 11.8 Å². The Morgan fingerprint density at radius 2 is 1.64 bits per heavy atom. The van der Waals surface area contributed by atoms with Crippen molar-refractivity contribution in [3.8, 4) is 0 Å². The van der Waals surface area contributed by atoms with Crippen molar-refractivity contribution in [2.24, 2.45) is 0 Å². The Hall–Kier alpha value is -2.94. The fourth-order valence-electron chi connectivity index (χ4n) is 2.37. The predicted molar refractivity (Wildman–Crippen MR) is 97.2 cm³/mol. The largest absolute Gasteiger partial charge is 0.418 e. The Balaban J connectivity index is 1.96. The molecule has 2 amide bonds. The first kappa shape index (κ1) is 21.4. The lowest BCUT2D eigenvalue weighted by Gasteiger charge is -2.23. The van der Waals surface area contributed by atoms with Gasteiger partial charge in [0.25, 0.3) is 0 Å². The molecule has 1 atom stereocenters. The Morgan fingerprint density at radius 3 is 2.25 bits per heavy atom. The first-order chi connectivity index (χ1) is 13.1. The fourth-order valence-corrected chi connectivity index (χ4v) is 2.37. The average Bonchev–Trinajstić information content (AvgIpc) is 2.62. The molecule has 5 nitrogen and oxygen atoms in total. The van der Waals surface area contributed by atoms with Crippen LogP contribution in [0.3, 0.4) is 0 Å². The highest BCUT2D eigenvalue weighted by atomic mass is 19.4. The van der Waals surface area contributed by atoms with E-state index in [-0.39, 0.29) is 12.2 Å². The molecule has 0 aromatic heterocycles. The Morgan fingerprint density at radius 1 is 1.04 bits per heavy atom. The third kappa shape index (κ3) is 5.78. The molecule has 0 unspecified atom stereocenters. The summed E-state index contributed by atoms with van der Waals surface area (Å²) in [4.78, 5) is 25.7. The topological polar surface area (TPSA) is 61.4 Å². The summed E-state index contributed by atoms with van der Waals surface area (Å²) in [5.74, 6) is -1.59. The Kier molecular flexibility index (Phi) is 6.74. The highest BCUT2D eigenvalue weighted by Crippen LogP contribution is 2.34. The van der Waals surface area contributed by atoms with Crippen molar-refractivity contribution < 1.29 is 27.2 Å². The minimum Gasteiger partial charge on any atom is -0.325 e. The molecule has 0 aliphatic carbocycles. The van der Waals surface area contributed by atoms with Crippen LogP contribution in [0.4, 0.5) is 28.9 Å². The first-order valence-electron chi connectivity index (χ1n) is 8.30. The molecule has 28 heavy (non-hydrogen) atoms. The summed E-state index contributed by atoms with van der Waals surface area (Å²) in [6.07, 6.45) is -4.60. The van der Waals surface area contributed by atoms with Crippen molar-refractivity contribution >= 4 is 23.2 Å². The number of halogens is 4. The predicted octanol–water partition coefficient (Wildman–Crippen LogP) is 3.74. The molecule has 0 radical (unpaired) electrons. The van der Waals surface area contributed by atoms with Crippen molar-refractivity contribution in [1.82, 2.24) is 4.90 Å². The zero-order chi connectivity index (χ0) is 20.9. The third-order valence-corrected chi connectivity index (χ3v) is 4.05. The summed E-state index contributed by atoms with van der Waals surface area (Å²) in [6, 6.07) is 9.05. The summed E-state index contributed by atoms with van der Waals surface area (Å²) in [5.41, 5.74) is -0.917. The lowest BCUT2D eigenvalue weighted by molar-refractivity contribution is -0.137. The average molecular weight is 397 g/mol. The number of carbonyl (C=O) groups excluding carboxylic acids is 2. The number of rotatable bonds is 6. The van der Waals surface area contributed by atoms with Crippen molar-refractivity contribution in [3.05, 3.63) is 59.9 Å². The first-order valence-corrected chi connectivity index (χ1v) is 8.30. The summed E-state index contributed by atoms with van der Waals surface area (Å²) in [6.45, 7) is 1.24. The van der Waals surface area contributed by atoms with Crippen LogP contribution >= 0.6 is 0 Å². The smallest absolute Gasteiger partial charge is 0.325 e. The van der Waals surface area contributed by atoms with Crippen molar-refractivity contribution in [2.75, 3.05) is 24.2 Å². The summed E-state index contributed by atoms with van der Waals surface area (Å²) >= 11 is 0. The van der Waals surface area contributed by atoms with Gasteiger partial charge in [0.15, 0.2) is 0 Å². The van der Waals surface area contributed by atoms with E-state index in [1.807, 2.05) is 0 Å². The van der Waals surface area contributed by atoms with Crippen LogP contribution in [0, 0.1) is 5.82 Å². The van der Waals surface area contributed by atoms with Gasteiger partial charge in [-0.25, -0.2) is 4.39 Å². The second kappa shape index (κ2) is 8.83. The van der Waals surface area contributed by atoms with Gasteiger partial charge in [0.05, 0.1) is 23.8 Å². The third-order valence-electron chi connectivity index (χ3n) is 4.05. The maximum atomic E-state index is 13.0. The molecule has 2 rings (SSSR count). The molecule has 2 aromatic carbocycles. The van der Waals surface area contributed by atoms with Crippen molar-refractivity contribution in [1.29, 1.82) is 0 Å². The molecule has 150 valence electrons. The highest BCUT2D eigenvalue weighted by Gasteiger charge is 2.33. The van der Waals surface area contributed by atoms with Crippen LogP contribution in [0.5, 0.6) is 0 Å². The van der Waals surface area contributed by atoms with Crippen LogP contribution in [-0.4, -0.2) is 36.3 Å². The van der Waals surface area contributed by atoms with E-state index < -0.39 is 35.4 Å². The molecule has 2 N–H and O–H groups in total. The standard InChI is InChI=1S/C19H19F4N3O2/c1-12(18(28)24-14-9-7-13(20)8-10-14)26(2)11-17(27)25-16-6-4-3-5-15(16)19(21,22)23/h3-10,12H,11H2,1-2H3,(H,24,28)(H,25,27)/t12-/m1/s1. The van der Waals surface area contributed by atoms with Gasteiger partial charge >= 0.3 is 6.18 Å². The molecule has 2 aromatic rings. The van der Waals surface area contributed by atoms with E-state index in [9.17, 15) is 27.2 Å². The number of anilines is 2. The van der Waals surface area contributed by atoms with Crippen LogP contribution in [0.15, 0.2) is 48.5 Å². The molecule has 9 heteroatoms. The molecule has 0 bridgehead atoms. The Bertz CT molecular complexity index is 838. The monoisotopic (exact) mass is 397 g/mol. The number of carbonyl (C=O) groups is 2. The number of nitrogens with one attached hydrogen (secondary N) is 2. The number of para-hydroxylation sites is 1. The van der Waals surface area contributed by atoms with Crippen LogP contribution in [-0.2, 0) is 15.8 Å². The van der Waals surface area contributed by atoms with Crippen LogP contribution in [0.1, 0.15) is 12.5 Å². The molecule has 0 fully saturated rings. The number of alkyl halides is 3. The number of likely N-dealkylation sites (N-methyl/N-ethyl adjacent to an activating group) is 1. The number of nitrogens with zero attached hydrogens (tertiary/aromatic N) is 1. The minimum atomic E-state index is -4.60. The SMILES string of the molecule is C[C@H](C(=O)Nc1ccc(F)cc1)N(C)CC(=O)Nc1ccccc1C(F)(F)F. The quantitative estimate of drug-likeness (QED) is 0.730. The molecular formula is C19H19F4N3O2. The molecule has 0 saturated heterocycles. The lowest BCUT2D eigenvalue weighted by atomic mass is 10.1. The van der Waals surface area contributed by atoms with Gasteiger partial charge in [-0.15, -0.1) is 0 Å². The van der Waals surface area contributed by atoms with E-state index in [1.165, 1.54) is 55.3 Å². The lowest BCUT2D eigenvalue weighted by Crippen LogP contribution is -2.43. The van der Waals surface area contributed by atoms with Gasteiger partial charge in [0.1, 0.15) is 5.82 Å². The normalized spacial score (nSPS) is 12.5. The second-order valence-electron chi connectivity index (χ2n) is 6.18. The van der Waals surface area contributed by atoms with E-state index in [4.69, 9.17) is 0 Å². The minimum absolute atomic E-state index is 0.301. The van der Waals surface area contributed by atoms with Gasteiger partial charge < -0.3 is 10.6 Å². The highest BCUT2D eigenvalue weighted by molar-refractivity contribution is 5.96.